The van der Waals surface area contributed by atoms with Crippen molar-refractivity contribution >= 4 is 56.5 Å². The Bertz CT molecular complexity index is 1050. The van der Waals surface area contributed by atoms with E-state index in [1.165, 1.54) is 0 Å². The zero-order valence-electron chi connectivity index (χ0n) is 16.8. The van der Waals surface area contributed by atoms with Crippen molar-refractivity contribution in [2.75, 3.05) is 18.5 Å². The standard InChI is InChI=1S/C22H21BrN2O4S/c1-4-29-18-9-8-15(10-16(18)23)11-19-21(27)25(22(28)30-19)12-20(26)24-17-7-5-6-13(2)14(17)3/h5-11H,4,12H2,1-3H3,(H,24,26)/b19-11-. The molecule has 0 aliphatic carbocycles. The number of hydrogen-bond donors (Lipinski definition) is 1. The predicted molar refractivity (Wildman–Crippen MR) is 123 cm³/mol. The summed E-state index contributed by atoms with van der Waals surface area (Å²) in [6, 6.07) is 11.0. The lowest BCUT2D eigenvalue weighted by Gasteiger charge is -2.14. The Morgan fingerprint density at radius 3 is 2.70 bits per heavy atom. The van der Waals surface area contributed by atoms with E-state index in [9.17, 15) is 14.4 Å². The maximum Gasteiger partial charge on any atom is 0.294 e. The Morgan fingerprint density at radius 1 is 1.23 bits per heavy atom. The van der Waals surface area contributed by atoms with E-state index in [2.05, 4.69) is 21.2 Å². The van der Waals surface area contributed by atoms with Crippen LogP contribution in [0.5, 0.6) is 5.75 Å². The monoisotopic (exact) mass is 488 g/mol. The summed E-state index contributed by atoms with van der Waals surface area (Å²) in [6.45, 7) is 5.96. The van der Waals surface area contributed by atoms with Crippen LogP contribution in [0.25, 0.3) is 6.08 Å². The number of ether oxygens (including phenoxy) is 1. The fourth-order valence-electron chi connectivity index (χ4n) is 2.89. The van der Waals surface area contributed by atoms with Crippen molar-refractivity contribution in [2.45, 2.75) is 20.8 Å². The molecule has 0 spiro atoms. The molecule has 8 heteroatoms. The van der Waals surface area contributed by atoms with Gasteiger partial charge in [0, 0.05) is 5.69 Å². The molecule has 0 unspecified atom stereocenters. The van der Waals surface area contributed by atoms with Crippen LogP contribution < -0.4 is 10.1 Å². The van der Waals surface area contributed by atoms with Gasteiger partial charge in [-0.3, -0.25) is 19.3 Å². The van der Waals surface area contributed by atoms with Crippen LogP contribution in [0.3, 0.4) is 0 Å². The van der Waals surface area contributed by atoms with Gasteiger partial charge in [0.15, 0.2) is 0 Å². The lowest BCUT2D eigenvalue weighted by molar-refractivity contribution is -0.127. The Labute approximate surface area is 187 Å². The molecule has 6 nitrogen and oxygen atoms in total. The first-order valence-corrected chi connectivity index (χ1v) is 10.9. The van der Waals surface area contributed by atoms with Crippen molar-refractivity contribution in [3.05, 3.63) is 62.5 Å². The third-order valence-corrected chi connectivity index (χ3v) is 6.13. The maximum atomic E-state index is 12.7. The van der Waals surface area contributed by atoms with Gasteiger partial charge in [-0.2, -0.15) is 0 Å². The van der Waals surface area contributed by atoms with E-state index in [4.69, 9.17) is 4.74 Å². The smallest absolute Gasteiger partial charge is 0.294 e. The van der Waals surface area contributed by atoms with Gasteiger partial charge in [-0.1, -0.05) is 18.2 Å². The van der Waals surface area contributed by atoms with Crippen molar-refractivity contribution in [1.82, 2.24) is 4.90 Å². The fraction of sp³-hybridized carbons (Fsp3) is 0.227. The molecule has 0 radical (unpaired) electrons. The van der Waals surface area contributed by atoms with Gasteiger partial charge in [-0.15, -0.1) is 0 Å². The topological polar surface area (TPSA) is 75.7 Å². The van der Waals surface area contributed by atoms with Gasteiger partial charge in [0.2, 0.25) is 5.91 Å². The van der Waals surface area contributed by atoms with E-state index >= 15 is 0 Å². The molecule has 2 aromatic carbocycles. The van der Waals surface area contributed by atoms with Gasteiger partial charge in [0.1, 0.15) is 12.3 Å². The number of halogens is 1. The molecule has 3 amide bonds. The molecule has 1 heterocycles. The summed E-state index contributed by atoms with van der Waals surface area (Å²) >= 11 is 4.26. The summed E-state index contributed by atoms with van der Waals surface area (Å²) in [5.41, 5.74) is 3.40. The van der Waals surface area contributed by atoms with Gasteiger partial charge >= 0.3 is 0 Å². The molecule has 1 aliphatic rings. The lowest BCUT2D eigenvalue weighted by Crippen LogP contribution is -2.36. The van der Waals surface area contributed by atoms with Crippen LogP contribution in [0.15, 0.2) is 45.8 Å². The first kappa shape index (κ1) is 22.1. The summed E-state index contributed by atoms with van der Waals surface area (Å²) in [7, 11) is 0. The molecule has 0 atom stereocenters. The molecule has 0 saturated carbocycles. The highest BCUT2D eigenvalue weighted by molar-refractivity contribution is 9.10. The molecule has 1 saturated heterocycles. The molecule has 2 aromatic rings. The summed E-state index contributed by atoms with van der Waals surface area (Å²) in [5, 5.41) is 2.31. The summed E-state index contributed by atoms with van der Waals surface area (Å²) in [6.07, 6.45) is 1.63. The van der Waals surface area contributed by atoms with Crippen molar-refractivity contribution in [1.29, 1.82) is 0 Å². The highest BCUT2D eigenvalue weighted by atomic mass is 79.9. The minimum Gasteiger partial charge on any atom is -0.493 e. The molecule has 1 N–H and O–H groups in total. The Kier molecular flexibility index (Phi) is 6.99. The van der Waals surface area contributed by atoms with Crippen molar-refractivity contribution in [3.8, 4) is 5.75 Å². The van der Waals surface area contributed by atoms with Crippen LogP contribution in [0.4, 0.5) is 10.5 Å². The molecule has 0 aromatic heterocycles. The second kappa shape index (κ2) is 9.49. The van der Waals surface area contributed by atoms with Gasteiger partial charge in [-0.25, -0.2) is 0 Å². The number of hydrogen-bond acceptors (Lipinski definition) is 5. The number of carbonyl (C=O) groups is 3. The number of aryl methyl sites for hydroxylation is 1. The lowest BCUT2D eigenvalue weighted by atomic mass is 10.1. The van der Waals surface area contributed by atoms with E-state index in [1.54, 1.807) is 24.3 Å². The molecule has 1 fully saturated rings. The Balaban J connectivity index is 1.71. The van der Waals surface area contributed by atoms with Crippen LogP contribution in [0, 0.1) is 13.8 Å². The number of imide groups is 1. The number of amides is 3. The first-order chi connectivity index (χ1) is 14.3. The zero-order valence-corrected chi connectivity index (χ0v) is 19.2. The van der Waals surface area contributed by atoms with E-state index in [0.717, 1.165) is 37.8 Å². The Hall–Kier alpha value is -2.58. The Morgan fingerprint density at radius 2 is 2.00 bits per heavy atom. The number of nitrogens with one attached hydrogen (secondary N) is 1. The highest BCUT2D eigenvalue weighted by Crippen LogP contribution is 2.34. The number of thioether (sulfide) groups is 1. The number of anilines is 1. The average molecular weight is 489 g/mol. The molecule has 156 valence electrons. The number of rotatable bonds is 6. The van der Waals surface area contributed by atoms with Crippen LogP contribution in [-0.4, -0.2) is 35.1 Å². The zero-order chi connectivity index (χ0) is 21.8. The number of benzene rings is 2. The van der Waals surface area contributed by atoms with Gasteiger partial charge in [0.25, 0.3) is 11.1 Å². The quantitative estimate of drug-likeness (QED) is 0.569. The van der Waals surface area contributed by atoms with E-state index < -0.39 is 17.1 Å². The minimum absolute atomic E-state index is 0.274. The maximum absolute atomic E-state index is 12.7. The minimum atomic E-state index is -0.480. The largest absolute Gasteiger partial charge is 0.493 e. The summed E-state index contributed by atoms with van der Waals surface area (Å²) in [5.74, 6) is -0.201. The third kappa shape index (κ3) is 4.94. The highest BCUT2D eigenvalue weighted by Gasteiger charge is 2.36. The van der Waals surface area contributed by atoms with Gasteiger partial charge in [0.05, 0.1) is 16.0 Å². The van der Waals surface area contributed by atoms with Crippen molar-refractivity contribution in [3.63, 3.8) is 0 Å². The first-order valence-electron chi connectivity index (χ1n) is 9.34. The third-order valence-electron chi connectivity index (χ3n) is 4.61. The van der Waals surface area contributed by atoms with Crippen LogP contribution in [0.2, 0.25) is 0 Å². The molecule has 3 rings (SSSR count). The van der Waals surface area contributed by atoms with Gasteiger partial charge < -0.3 is 10.1 Å². The fourth-order valence-corrected chi connectivity index (χ4v) is 4.24. The molecule has 0 bridgehead atoms. The number of carbonyl (C=O) groups excluding carboxylic acids is 3. The van der Waals surface area contributed by atoms with Crippen LogP contribution >= 0.6 is 27.7 Å². The van der Waals surface area contributed by atoms with E-state index in [1.807, 2.05) is 39.0 Å². The normalized spacial score (nSPS) is 15.1. The average Bonchev–Trinajstić information content (AvgIpc) is 2.95. The SMILES string of the molecule is CCOc1ccc(/C=C2\SC(=O)N(CC(=O)Nc3cccc(C)c3C)C2=O)cc1Br. The second-order valence-corrected chi connectivity index (χ2v) is 8.53. The molecule has 30 heavy (non-hydrogen) atoms. The molecular formula is C22H21BrN2O4S. The summed E-state index contributed by atoms with van der Waals surface area (Å²) in [4.78, 5) is 38.7. The van der Waals surface area contributed by atoms with Crippen molar-refractivity contribution in [2.24, 2.45) is 0 Å². The predicted octanol–water partition coefficient (Wildman–Crippen LogP) is 5.14. The summed E-state index contributed by atoms with van der Waals surface area (Å²) < 4.78 is 6.23. The van der Waals surface area contributed by atoms with E-state index in [0.29, 0.717) is 18.0 Å². The molecular weight excluding hydrogens is 468 g/mol. The molecule has 1 aliphatic heterocycles. The number of nitrogens with zero attached hydrogens (tertiary/aromatic N) is 1. The second-order valence-electron chi connectivity index (χ2n) is 6.69. The van der Waals surface area contributed by atoms with Crippen LogP contribution in [0.1, 0.15) is 23.6 Å². The van der Waals surface area contributed by atoms with Crippen LogP contribution in [-0.2, 0) is 9.59 Å². The van der Waals surface area contributed by atoms with Crippen molar-refractivity contribution < 1.29 is 19.1 Å². The van der Waals surface area contributed by atoms with E-state index in [-0.39, 0.29) is 11.4 Å². The van der Waals surface area contributed by atoms with Gasteiger partial charge in [-0.05, 0) is 89.4 Å².